The van der Waals surface area contributed by atoms with Crippen LogP contribution in [-0.2, 0) is 13.6 Å². The maximum Gasteiger partial charge on any atom is 0.331 e. The summed E-state index contributed by atoms with van der Waals surface area (Å²) in [6.07, 6.45) is 5.49. The zero-order chi connectivity index (χ0) is 23.7. The highest BCUT2D eigenvalue weighted by molar-refractivity contribution is 6.42. The van der Waals surface area contributed by atoms with Crippen molar-refractivity contribution in [2.75, 3.05) is 13.6 Å². The lowest BCUT2D eigenvalue weighted by Crippen LogP contribution is -2.39. The molecule has 4 rings (SSSR count). The number of carbonyl (C=O) groups is 1. The fourth-order valence-corrected chi connectivity index (χ4v) is 3.92. The van der Waals surface area contributed by atoms with E-state index in [1.165, 1.54) is 10.6 Å². The molecule has 1 aromatic heterocycles. The Morgan fingerprint density at radius 1 is 1.06 bits per heavy atom. The van der Waals surface area contributed by atoms with Gasteiger partial charge in [0.2, 0.25) is 0 Å². The molecule has 33 heavy (non-hydrogen) atoms. The standard InChI is InChI=1S/C23H21Cl2N5O3/c1-28-12-15(7-8-27-28)11-26-21(31)16-4-6-20-17(10-16)22(32)30(23(33)29(20)2)13-14-3-5-18(24)19(25)9-14/h3-10,12,27H,11,13H2,1-2H3,(H,26,31). The molecule has 8 nitrogen and oxygen atoms in total. The van der Waals surface area contributed by atoms with Gasteiger partial charge in [-0.1, -0.05) is 29.3 Å². The van der Waals surface area contributed by atoms with Gasteiger partial charge in [-0.2, -0.15) is 0 Å². The van der Waals surface area contributed by atoms with Crippen molar-refractivity contribution in [1.82, 2.24) is 24.9 Å². The van der Waals surface area contributed by atoms with Crippen LogP contribution in [0.25, 0.3) is 10.9 Å². The van der Waals surface area contributed by atoms with Gasteiger partial charge in [-0.25, -0.2) is 4.79 Å². The number of fused-ring (bicyclic) bond motifs is 1. The van der Waals surface area contributed by atoms with E-state index in [1.54, 1.807) is 48.6 Å². The molecule has 0 saturated carbocycles. The van der Waals surface area contributed by atoms with Crippen LogP contribution in [0.2, 0.25) is 10.0 Å². The van der Waals surface area contributed by atoms with Gasteiger partial charge in [0.15, 0.2) is 0 Å². The van der Waals surface area contributed by atoms with E-state index in [0.29, 0.717) is 33.2 Å². The molecule has 0 saturated heterocycles. The molecule has 0 aliphatic carbocycles. The highest BCUT2D eigenvalue weighted by Crippen LogP contribution is 2.22. The number of aryl methyl sites for hydroxylation is 1. The van der Waals surface area contributed by atoms with Gasteiger partial charge in [-0.3, -0.25) is 23.7 Å². The second kappa shape index (κ2) is 9.17. The number of benzene rings is 2. The molecular formula is C23H21Cl2N5O3. The summed E-state index contributed by atoms with van der Waals surface area (Å²) in [6, 6.07) is 9.65. The molecule has 2 aromatic carbocycles. The summed E-state index contributed by atoms with van der Waals surface area (Å²) in [5.41, 5.74) is 4.36. The number of hydrogen-bond acceptors (Lipinski definition) is 5. The van der Waals surface area contributed by atoms with Crippen molar-refractivity contribution in [3.05, 3.63) is 102 Å². The van der Waals surface area contributed by atoms with Gasteiger partial charge in [-0.15, -0.1) is 0 Å². The summed E-state index contributed by atoms with van der Waals surface area (Å²) in [5.74, 6) is -0.323. The summed E-state index contributed by atoms with van der Waals surface area (Å²) in [7, 11) is 3.43. The highest BCUT2D eigenvalue weighted by Gasteiger charge is 2.15. The van der Waals surface area contributed by atoms with Gasteiger partial charge in [0.1, 0.15) is 0 Å². The number of hydrazine groups is 1. The Morgan fingerprint density at radius 2 is 1.85 bits per heavy atom. The van der Waals surface area contributed by atoms with Crippen LogP contribution >= 0.6 is 23.2 Å². The highest BCUT2D eigenvalue weighted by atomic mass is 35.5. The molecule has 1 aliphatic rings. The predicted molar refractivity (Wildman–Crippen MR) is 129 cm³/mol. The van der Waals surface area contributed by atoms with Crippen LogP contribution in [0.4, 0.5) is 0 Å². The van der Waals surface area contributed by atoms with Crippen molar-refractivity contribution in [1.29, 1.82) is 0 Å². The fourth-order valence-electron chi connectivity index (χ4n) is 3.60. The third kappa shape index (κ3) is 4.67. The predicted octanol–water partition coefficient (Wildman–Crippen LogP) is 2.63. The average Bonchev–Trinajstić information content (AvgIpc) is 2.80. The monoisotopic (exact) mass is 485 g/mol. The molecule has 2 heterocycles. The molecule has 0 unspecified atom stereocenters. The van der Waals surface area contributed by atoms with Gasteiger partial charge in [0.25, 0.3) is 11.5 Å². The van der Waals surface area contributed by atoms with Crippen LogP contribution < -0.4 is 22.0 Å². The van der Waals surface area contributed by atoms with Crippen molar-refractivity contribution in [3.8, 4) is 0 Å². The van der Waals surface area contributed by atoms with E-state index in [1.807, 2.05) is 19.3 Å². The Balaban J connectivity index is 1.67. The Bertz CT molecular complexity index is 1440. The minimum atomic E-state index is -0.487. The zero-order valence-electron chi connectivity index (χ0n) is 17.9. The Kier molecular flexibility index (Phi) is 6.31. The van der Waals surface area contributed by atoms with E-state index < -0.39 is 11.2 Å². The molecule has 0 spiro atoms. The number of amides is 1. The first-order valence-corrected chi connectivity index (χ1v) is 10.8. The van der Waals surface area contributed by atoms with E-state index >= 15 is 0 Å². The van der Waals surface area contributed by atoms with Crippen molar-refractivity contribution in [2.24, 2.45) is 7.05 Å². The summed E-state index contributed by atoms with van der Waals surface area (Å²) < 4.78 is 2.50. The van der Waals surface area contributed by atoms with Gasteiger partial charge >= 0.3 is 5.69 Å². The molecule has 0 bridgehead atoms. The first-order chi connectivity index (χ1) is 15.7. The largest absolute Gasteiger partial charge is 0.348 e. The summed E-state index contributed by atoms with van der Waals surface area (Å²) in [6.45, 7) is 0.352. The third-order valence-electron chi connectivity index (χ3n) is 5.33. The number of nitrogens with zero attached hydrogens (tertiary/aromatic N) is 3. The summed E-state index contributed by atoms with van der Waals surface area (Å²) >= 11 is 12.0. The van der Waals surface area contributed by atoms with Crippen molar-refractivity contribution in [3.63, 3.8) is 0 Å². The SMILES string of the molecule is CN1C=C(CNC(=O)c2ccc3c(c2)c(=O)n(Cc2ccc(Cl)c(Cl)c2)c(=O)n3C)C=CN1. The van der Waals surface area contributed by atoms with E-state index in [9.17, 15) is 14.4 Å². The maximum atomic E-state index is 13.2. The first kappa shape index (κ1) is 22.7. The number of hydrogen-bond donors (Lipinski definition) is 2. The fraction of sp³-hybridized carbons (Fsp3) is 0.174. The maximum absolute atomic E-state index is 13.2. The number of rotatable bonds is 5. The Hall–Kier alpha value is -3.49. The third-order valence-corrected chi connectivity index (χ3v) is 6.07. The van der Waals surface area contributed by atoms with Crippen LogP contribution in [0.5, 0.6) is 0 Å². The quantitative estimate of drug-likeness (QED) is 0.579. The molecule has 1 amide bonds. The molecule has 170 valence electrons. The molecule has 1 aliphatic heterocycles. The number of carbonyl (C=O) groups excluding carboxylic acids is 1. The Morgan fingerprint density at radius 3 is 2.58 bits per heavy atom. The molecule has 0 atom stereocenters. The lowest BCUT2D eigenvalue weighted by molar-refractivity contribution is 0.0957. The van der Waals surface area contributed by atoms with Crippen LogP contribution in [0.15, 0.2) is 70.0 Å². The van der Waals surface area contributed by atoms with Gasteiger partial charge in [-0.05, 0) is 47.5 Å². The normalized spacial score (nSPS) is 13.1. The van der Waals surface area contributed by atoms with E-state index in [0.717, 1.165) is 10.1 Å². The van der Waals surface area contributed by atoms with Crippen LogP contribution in [0.1, 0.15) is 15.9 Å². The molecule has 2 N–H and O–H groups in total. The van der Waals surface area contributed by atoms with Gasteiger partial charge in [0, 0.05) is 38.6 Å². The van der Waals surface area contributed by atoms with Crippen molar-refractivity contribution >= 4 is 40.0 Å². The minimum absolute atomic E-state index is 0.0246. The van der Waals surface area contributed by atoms with E-state index in [4.69, 9.17) is 23.2 Å². The lowest BCUT2D eigenvalue weighted by atomic mass is 10.1. The lowest BCUT2D eigenvalue weighted by Gasteiger charge is -2.19. The van der Waals surface area contributed by atoms with E-state index in [2.05, 4.69) is 10.7 Å². The van der Waals surface area contributed by atoms with Crippen LogP contribution in [0.3, 0.4) is 0 Å². The number of nitrogens with one attached hydrogen (secondary N) is 2. The number of halogens is 2. The summed E-state index contributed by atoms with van der Waals surface area (Å²) in [4.78, 5) is 38.8. The van der Waals surface area contributed by atoms with Gasteiger partial charge < -0.3 is 10.7 Å². The summed E-state index contributed by atoms with van der Waals surface area (Å²) in [5, 5.41) is 5.61. The first-order valence-electron chi connectivity index (χ1n) is 10.1. The molecule has 0 radical (unpaired) electrons. The minimum Gasteiger partial charge on any atom is -0.348 e. The smallest absolute Gasteiger partial charge is 0.331 e. The topological polar surface area (TPSA) is 88.4 Å². The number of aromatic nitrogens is 2. The second-order valence-corrected chi connectivity index (χ2v) is 8.49. The van der Waals surface area contributed by atoms with Crippen LogP contribution in [0, 0.1) is 0 Å². The average molecular weight is 486 g/mol. The van der Waals surface area contributed by atoms with Crippen molar-refractivity contribution < 1.29 is 4.79 Å². The molecule has 10 heteroatoms. The molecule has 3 aromatic rings. The molecule has 0 fully saturated rings. The Labute approximate surface area is 199 Å². The van der Waals surface area contributed by atoms with Crippen molar-refractivity contribution in [2.45, 2.75) is 6.54 Å². The van der Waals surface area contributed by atoms with E-state index in [-0.39, 0.29) is 17.8 Å². The van der Waals surface area contributed by atoms with Crippen LogP contribution in [-0.4, -0.2) is 33.6 Å². The second-order valence-electron chi connectivity index (χ2n) is 7.67. The zero-order valence-corrected chi connectivity index (χ0v) is 19.4. The molecular weight excluding hydrogens is 465 g/mol. The van der Waals surface area contributed by atoms with Gasteiger partial charge in [0.05, 0.1) is 27.5 Å².